The SMILES string of the molecule is C=CCCCO[C@H]1CCNC1. The third-order valence-electron chi connectivity index (χ3n) is 1.92. The molecule has 1 fully saturated rings. The van der Waals surface area contributed by atoms with Gasteiger partial charge in [0.2, 0.25) is 0 Å². The van der Waals surface area contributed by atoms with E-state index in [2.05, 4.69) is 11.9 Å². The molecule has 0 saturated carbocycles. The van der Waals surface area contributed by atoms with Crippen LogP contribution in [0.4, 0.5) is 0 Å². The Balaban J connectivity index is 1.89. The van der Waals surface area contributed by atoms with Crippen LogP contribution in [-0.2, 0) is 4.74 Å². The van der Waals surface area contributed by atoms with Crippen LogP contribution in [0, 0.1) is 0 Å². The second-order valence-electron chi connectivity index (χ2n) is 2.92. The van der Waals surface area contributed by atoms with Gasteiger partial charge in [0.25, 0.3) is 0 Å². The quantitative estimate of drug-likeness (QED) is 0.477. The van der Waals surface area contributed by atoms with Crippen LogP contribution in [0.3, 0.4) is 0 Å². The number of allylic oxidation sites excluding steroid dienone is 1. The molecule has 1 N–H and O–H groups in total. The van der Waals surface area contributed by atoms with Crippen molar-refractivity contribution in [3.8, 4) is 0 Å². The third kappa shape index (κ3) is 3.54. The molecule has 1 atom stereocenters. The Morgan fingerprint density at radius 2 is 2.55 bits per heavy atom. The van der Waals surface area contributed by atoms with E-state index in [-0.39, 0.29) is 0 Å². The van der Waals surface area contributed by atoms with E-state index in [1.807, 2.05) is 6.08 Å². The molecule has 1 rings (SSSR count). The Morgan fingerprint density at radius 1 is 1.64 bits per heavy atom. The van der Waals surface area contributed by atoms with Crippen LogP contribution in [0.1, 0.15) is 19.3 Å². The number of ether oxygens (including phenoxy) is 1. The fourth-order valence-electron chi connectivity index (χ4n) is 1.25. The Bertz CT molecular complexity index is 108. The number of hydrogen-bond donors (Lipinski definition) is 1. The molecule has 0 unspecified atom stereocenters. The van der Waals surface area contributed by atoms with Crippen LogP contribution >= 0.6 is 0 Å². The van der Waals surface area contributed by atoms with Gasteiger partial charge < -0.3 is 10.1 Å². The van der Waals surface area contributed by atoms with Crippen molar-refractivity contribution in [1.82, 2.24) is 5.32 Å². The predicted molar refractivity (Wildman–Crippen MR) is 46.7 cm³/mol. The lowest BCUT2D eigenvalue weighted by atomic mass is 10.3. The first-order valence-electron chi connectivity index (χ1n) is 4.36. The first-order chi connectivity index (χ1) is 5.43. The number of rotatable bonds is 5. The van der Waals surface area contributed by atoms with Crippen molar-refractivity contribution in [3.63, 3.8) is 0 Å². The van der Waals surface area contributed by atoms with Gasteiger partial charge >= 0.3 is 0 Å². The molecule has 0 aromatic heterocycles. The third-order valence-corrected chi connectivity index (χ3v) is 1.92. The maximum atomic E-state index is 5.59. The van der Waals surface area contributed by atoms with Crippen molar-refractivity contribution in [3.05, 3.63) is 12.7 Å². The van der Waals surface area contributed by atoms with Crippen LogP contribution in [0.25, 0.3) is 0 Å². The molecule has 0 spiro atoms. The van der Waals surface area contributed by atoms with Gasteiger partial charge in [0.1, 0.15) is 0 Å². The highest BCUT2D eigenvalue weighted by Crippen LogP contribution is 2.03. The molecule has 64 valence electrons. The fraction of sp³-hybridized carbons (Fsp3) is 0.778. The van der Waals surface area contributed by atoms with Crippen molar-refractivity contribution < 1.29 is 4.74 Å². The molecule has 1 saturated heterocycles. The van der Waals surface area contributed by atoms with Crippen LogP contribution in [-0.4, -0.2) is 25.8 Å². The van der Waals surface area contributed by atoms with Crippen molar-refractivity contribution in [2.24, 2.45) is 0 Å². The molecule has 2 heteroatoms. The Hall–Kier alpha value is -0.340. The first-order valence-corrected chi connectivity index (χ1v) is 4.36. The molecule has 0 aromatic carbocycles. The second-order valence-corrected chi connectivity index (χ2v) is 2.92. The molecule has 0 bridgehead atoms. The molecule has 0 aromatic rings. The summed E-state index contributed by atoms with van der Waals surface area (Å²) in [5.74, 6) is 0. The van der Waals surface area contributed by atoms with Gasteiger partial charge in [-0.05, 0) is 25.8 Å². The van der Waals surface area contributed by atoms with E-state index in [1.54, 1.807) is 0 Å². The highest BCUT2D eigenvalue weighted by Gasteiger charge is 2.13. The van der Waals surface area contributed by atoms with E-state index < -0.39 is 0 Å². The molecule has 0 aliphatic carbocycles. The van der Waals surface area contributed by atoms with Crippen LogP contribution in [0.5, 0.6) is 0 Å². The lowest BCUT2D eigenvalue weighted by Crippen LogP contribution is -2.17. The summed E-state index contributed by atoms with van der Waals surface area (Å²) in [5.41, 5.74) is 0. The Morgan fingerprint density at radius 3 is 3.18 bits per heavy atom. The number of hydrogen-bond acceptors (Lipinski definition) is 2. The van der Waals surface area contributed by atoms with Gasteiger partial charge in [-0.15, -0.1) is 6.58 Å². The molecular weight excluding hydrogens is 138 g/mol. The average molecular weight is 155 g/mol. The maximum absolute atomic E-state index is 5.59. The summed E-state index contributed by atoms with van der Waals surface area (Å²) >= 11 is 0. The lowest BCUT2D eigenvalue weighted by molar-refractivity contribution is 0.0658. The second kappa shape index (κ2) is 5.33. The van der Waals surface area contributed by atoms with E-state index in [1.165, 1.54) is 6.42 Å². The largest absolute Gasteiger partial charge is 0.377 e. The lowest BCUT2D eigenvalue weighted by Gasteiger charge is -2.08. The molecule has 1 aliphatic heterocycles. The van der Waals surface area contributed by atoms with Crippen molar-refractivity contribution in [1.29, 1.82) is 0 Å². The summed E-state index contributed by atoms with van der Waals surface area (Å²) in [6.07, 6.45) is 5.77. The topological polar surface area (TPSA) is 21.3 Å². The van der Waals surface area contributed by atoms with E-state index in [0.29, 0.717) is 6.10 Å². The summed E-state index contributed by atoms with van der Waals surface area (Å²) in [4.78, 5) is 0. The van der Waals surface area contributed by atoms with Gasteiger partial charge in [-0.3, -0.25) is 0 Å². The molecule has 1 aliphatic rings. The van der Waals surface area contributed by atoms with Crippen molar-refractivity contribution >= 4 is 0 Å². The molecule has 2 nitrogen and oxygen atoms in total. The highest BCUT2D eigenvalue weighted by atomic mass is 16.5. The van der Waals surface area contributed by atoms with Gasteiger partial charge in [-0.25, -0.2) is 0 Å². The van der Waals surface area contributed by atoms with Crippen molar-refractivity contribution in [2.45, 2.75) is 25.4 Å². The summed E-state index contributed by atoms with van der Waals surface area (Å²) in [6.45, 7) is 6.70. The Labute approximate surface area is 68.6 Å². The zero-order valence-electron chi connectivity index (χ0n) is 7.01. The summed E-state index contributed by atoms with van der Waals surface area (Å²) in [6, 6.07) is 0. The molecule has 11 heavy (non-hydrogen) atoms. The van der Waals surface area contributed by atoms with Gasteiger partial charge in [0, 0.05) is 13.2 Å². The normalized spacial score (nSPS) is 23.8. The summed E-state index contributed by atoms with van der Waals surface area (Å²) in [7, 11) is 0. The minimum Gasteiger partial charge on any atom is -0.377 e. The van der Waals surface area contributed by atoms with E-state index in [9.17, 15) is 0 Å². The molecule has 1 heterocycles. The highest BCUT2D eigenvalue weighted by molar-refractivity contribution is 4.71. The number of unbranched alkanes of at least 4 members (excludes halogenated alkanes) is 1. The standard InChI is InChI=1S/C9H17NO/c1-2-3-4-7-11-9-5-6-10-8-9/h2,9-10H,1,3-8H2/t9-/m0/s1. The van der Waals surface area contributed by atoms with E-state index in [0.717, 1.165) is 32.5 Å². The van der Waals surface area contributed by atoms with Crippen LogP contribution < -0.4 is 5.32 Å². The van der Waals surface area contributed by atoms with E-state index in [4.69, 9.17) is 4.74 Å². The first kappa shape index (κ1) is 8.75. The smallest absolute Gasteiger partial charge is 0.0711 e. The minimum absolute atomic E-state index is 0.472. The van der Waals surface area contributed by atoms with Gasteiger partial charge in [0.15, 0.2) is 0 Å². The fourth-order valence-corrected chi connectivity index (χ4v) is 1.25. The van der Waals surface area contributed by atoms with Gasteiger partial charge in [-0.2, -0.15) is 0 Å². The molecule has 0 amide bonds. The van der Waals surface area contributed by atoms with Gasteiger partial charge in [-0.1, -0.05) is 6.08 Å². The zero-order chi connectivity index (χ0) is 7.94. The number of nitrogens with one attached hydrogen (secondary N) is 1. The van der Waals surface area contributed by atoms with E-state index >= 15 is 0 Å². The monoisotopic (exact) mass is 155 g/mol. The summed E-state index contributed by atoms with van der Waals surface area (Å²) < 4.78 is 5.59. The van der Waals surface area contributed by atoms with Crippen LogP contribution in [0.2, 0.25) is 0 Å². The predicted octanol–water partition coefficient (Wildman–Crippen LogP) is 1.33. The summed E-state index contributed by atoms with van der Waals surface area (Å²) in [5, 5.41) is 3.27. The molecular formula is C9H17NO. The van der Waals surface area contributed by atoms with Gasteiger partial charge in [0.05, 0.1) is 6.10 Å². The minimum atomic E-state index is 0.472. The Kier molecular flexibility index (Phi) is 4.24. The zero-order valence-corrected chi connectivity index (χ0v) is 7.01. The van der Waals surface area contributed by atoms with Crippen molar-refractivity contribution in [2.75, 3.05) is 19.7 Å². The molecule has 0 radical (unpaired) electrons. The van der Waals surface area contributed by atoms with Crippen LogP contribution in [0.15, 0.2) is 12.7 Å². The maximum Gasteiger partial charge on any atom is 0.0711 e. The average Bonchev–Trinajstić information content (AvgIpc) is 2.50.